The first-order valence-corrected chi connectivity index (χ1v) is 9.62. The number of nitrogens with one attached hydrogen (secondary N) is 1. The lowest BCUT2D eigenvalue weighted by Crippen LogP contribution is -2.37. The van der Waals surface area contributed by atoms with E-state index in [1.807, 2.05) is 12.1 Å². The van der Waals surface area contributed by atoms with Crippen molar-refractivity contribution in [2.75, 3.05) is 21.0 Å². The van der Waals surface area contributed by atoms with E-state index in [1.54, 1.807) is 36.4 Å². The average molecular weight is 377 g/mol. The molecule has 1 N–H and O–H groups in total. The van der Waals surface area contributed by atoms with Gasteiger partial charge in [0, 0.05) is 26.2 Å². The molecule has 2 aromatic carbocycles. The number of hydrogen-bond acceptors (Lipinski definition) is 6. The van der Waals surface area contributed by atoms with E-state index < -0.39 is 13.4 Å². The minimum atomic E-state index is -3.55. The molecule has 0 aliphatic carbocycles. The van der Waals surface area contributed by atoms with E-state index in [2.05, 4.69) is 5.32 Å². The maximum atomic E-state index is 12.9. The number of fused-ring (bicyclic) bond motifs is 1. The quantitative estimate of drug-likeness (QED) is 0.746. The molecule has 7 nitrogen and oxygen atoms in total. The molecule has 0 spiro atoms. The second-order valence-corrected chi connectivity index (χ2v) is 8.09. The molecule has 0 unspecified atom stereocenters. The predicted molar refractivity (Wildman–Crippen MR) is 95.6 cm³/mol. The van der Waals surface area contributed by atoms with Crippen molar-refractivity contribution in [3.63, 3.8) is 0 Å². The van der Waals surface area contributed by atoms with Crippen molar-refractivity contribution in [2.24, 2.45) is 0 Å². The Balaban J connectivity index is 1.84. The fraction of sp³-hybridized carbons (Fsp3) is 0.278. The van der Waals surface area contributed by atoms with Crippen LogP contribution in [0.3, 0.4) is 0 Å². The first-order valence-electron chi connectivity index (χ1n) is 8.01. The molecule has 2 aromatic rings. The average Bonchev–Trinajstić information content (AvgIpc) is 3.15. The third-order valence-electron chi connectivity index (χ3n) is 4.09. The summed E-state index contributed by atoms with van der Waals surface area (Å²) in [4.78, 5) is 12.5. The van der Waals surface area contributed by atoms with Crippen molar-refractivity contribution < 1.29 is 27.9 Å². The number of hydrogen-bond donors (Lipinski definition) is 1. The second-order valence-electron chi connectivity index (χ2n) is 5.65. The predicted octanol–water partition coefficient (Wildman–Crippen LogP) is 3.20. The zero-order valence-electron chi connectivity index (χ0n) is 14.5. The summed E-state index contributed by atoms with van der Waals surface area (Å²) in [5.41, 5.74) is 1.27. The second kappa shape index (κ2) is 7.91. The highest BCUT2D eigenvalue weighted by atomic mass is 31.2. The van der Waals surface area contributed by atoms with Gasteiger partial charge in [0.25, 0.3) is 5.91 Å². The monoisotopic (exact) mass is 377 g/mol. The first-order chi connectivity index (χ1) is 12.6. The SMILES string of the molecule is COP(=O)(OC)[C@@H](Cc1ccc2c(c1)OCO2)NC(=O)c1ccccc1. The topological polar surface area (TPSA) is 83.1 Å². The van der Waals surface area contributed by atoms with E-state index in [4.69, 9.17) is 18.5 Å². The molecule has 1 aliphatic rings. The summed E-state index contributed by atoms with van der Waals surface area (Å²) in [6, 6.07) is 14.1. The lowest BCUT2D eigenvalue weighted by molar-refractivity contribution is 0.0941. The molecule has 0 saturated carbocycles. The molecule has 1 heterocycles. The van der Waals surface area contributed by atoms with Gasteiger partial charge in [0.15, 0.2) is 11.5 Å². The van der Waals surface area contributed by atoms with Crippen LogP contribution in [0.5, 0.6) is 11.5 Å². The highest BCUT2D eigenvalue weighted by Gasteiger charge is 2.36. The van der Waals surface area contributed by atoms with Crippen LogP contribution in [0, 0.1) is 0 Å². The first kappa shape index (κ1) is 18.5. The van der Waals surface area contributed by atoms with Crippen molar-refractivity contribution in [3.05, 3.63) is 59.7 Å². The van der Waals surface area contributed by atoms with Crippen LogP contribution < -0.4 is 14.8 Å². The zero-order chi connectivity index (χ0) is 18.6. The van der Waals surface area contributed by atoms with Crippen LogP contribution in [0.1, 0.15) is 15.9 Å². The molecule has 138 valence electrons. The normalized spacial score (nSPS) is 14.1. The molecule has 1 amide bonds. The molecule has 0 fully saturated rings. The van der Waals surface area contributed by atoms with Gasteiger partial charge in [-0.15, -0.1) is 0 Å². The zero-order valence-corrected chi connectivity index (χ0v) is 15.4. The van der Waals surface area contributed by atoms with Crippen molar-refractivity contribution >= 4 is 13.5 Å². The van der Waals surface area contributed by atoms with Crippen LogP contribution in [0.2, 0.25) is 0 Å². The Hall–Kier alpha value is -2.34. The van der Waals surface area contributed by atoms with Crippen molar-refractivity contribution in [3.8, 4) is 11.5 Å². The summed E-state index contributed by atoms with van der Waals surface area (Å²) >= 11 is 0. The summed E-state index contributed by atoms with van der Waals surface area (Å²) in [6.45, 7) is 0.168. The Labute approximate surface area is 151 Å². The molecule has 26 heavy (non-hydrogen) atoms. The van der Waals surface area contributed by atoms with E-state index in [0.29, 0.717) is 17.1 Å². The number of carbonyl (C=O) groups is 1. The van der Waals surface area contributed by atoms with E-state index >= 15 is 0 Å². The van der Waals surface area contributed by atoms with Gasteiger partial charge in [0.2, 0.25) is 6.79 Å². The lowest BCUT2D eigenvalue weighted by Gasteiger charge is -2.25. The van der Waals surface area contributed by atoms with Crippen LogP contribution in [-0.2, 0) is 20.0 Å². The van der Waals surface area contributed by atoms with Gasteiger partial charge in [-0.1, -0.05) is 24.3 Å². The van der Waals surface area contributed by atoms with Gasteiger partial charge in [-0.2, -0.15) is 0 Å². The number of ether oxygens (including phenoxy) is 2. The number of rotatable bonds is 7. The Morgan fingerprint density at radius 1 is 1.12 bits per heavy atom. The van der Waals surface area contributed by atoms with Gasteiger partial charge in [0.05, 0.1) is 0 Å². The molecule has 3 rings (SSSR count). The Bertz CT molecular complexity index is 818. The van der Waals surface area contributed by atoms with Crippen LogP contribution in [0.4, 0.5) is 0 Å². The van der Waals surface area contributed by atoms with Gasteiger partial charge in [-0.25, -0.2) is 0 Å². The van der Waals surface area contributed by atoms with Crippen molar-refractivity contribution in [1.82, 2.24) is 5.32 Å². The summed E-state index contributed by atoms with van der Waals surface area (Å²) in [5, 5.41) is 2.77. The molecule has 0 radical (unpaired) electrons. The molecular formula is C18H20NO6P. The minimum absolute atomic E-state index is 0.168. The fourth-order valence-electron chi connectivity index (χ4n) is 2.69. The highest BCUT2D eigenvalue weighted by molar-refractivity contribution is 7.54. The number of carbonyl (C=O) groups excluding carboxylic acids is 1. The molecule has 0 aromatic heterocycles. The highest BCUT2D eigenvalue weighted by Crippen LogP contribution is 2.51. The van der Waals surface area contributed by atoms with Gasteiger partial charge < -0.3 is 23.8 Å². The molecule has 0 bridgehead atoms. The smallest absolute Gasteiger partial charge is 0.352 e. The van der Waals surface area contributed by atoms with Crippen molar-refractivity contribution in [1.29, 1.82) is 0 Å². The molecule has 8 heteroatoms. The van der Waals surface area contributed by atoms with Crippen LogP contribution in [-0.4, -0.2) is 32.7 Å². The molecule has 1 atom stereocenters. The van der Waals surface area contributed by atoms with E-state index in [-0.39, 0.29) is 19.1 Å². The maximum Gasteiger partial charge on any atom is 0.352 e. The summed E-state index contributed by atoms with van der Waals surface area (Å²) in [7, 11) is -0.960. The fourth-order valence-corrected chi connectivity index (χ4v) is 4.05. The molecule has 0 saturated heterocycles. The largest absolute Gasteiger partial charge is 0.454 e. The van der Waals surface area contributed by atoms with E-state index in [1.165, 1.54) is 14.2 Å². The molecule has 1 aliphatic heterocycles. The van der Waals surface area contributed by atoms with E-state index in [9.17, 15) is 9.36 Å². The summed E-state index contributed by atoms with van der Waals surface area (Å²) in [5.74, 6) is 0.0526. The molecular weight excluding hydrogens is 357 g/mol. The third kappa shape index (κ3) is 3.90. The van der Waals surface area contributed by atoms with Crippen LogP contribution in [0.25, 0.3) is 0 Å². The maximum absolute atomic E-state index is 12.9. The van der Waals surface area contributed by atoms with Gasteiger partial charge >= 0.3 is 7.60 Å². The Kier molecular flexibility index (Phi) is 5.61. The lowest BCUT2D eigenvalue weighted by atomic mass is 10.1. The number of benzene rings is 2. The van der Waals surface area contributed by atoms with Crippen molar-refractivity contribution in [2.45, 2.75) is 12.2 Å². The van der Waals surface area contributed by atoms with Gasteiger partial charge in [-0.05, 0) is 29.8 Å². The Morgan fingerprint density at radius 2 is 1.81 bits per heavy atom. The van der Waals surface area contributed by atoms with Gasteiger partial charge in [0.1, 0.15) is 5.78 Å². The summed E-state index contributed by atoms with van der Waals surface area (Å²) in [6.07, 6.45) is 0.244. The number of amides is 1. The standard InChI is InChI=1S/C18H20NO6P/c1-22-26(21,23-2)17(19-18(20)14-6-4-3-5-7-14)11-13-8-9-15-16(10-13)25-12-24-15/h3-10,17H,11-12H2,1-2H3,(H,19,20)/t17-/m0/s1. The van der Waals surface area contributed by atoms with Crippen LogP contribution in [0.15, 0.2) is 48.5 Å². The summed E-state index contributed by atoms with van der Waals surface area (Å²) < 4.78 is 33.8. The third-order valence-corrected chi connectivity index (χ3v) is 6.18. The minimum Gasteiger partial charge on any atom is -0.454 e. The van der Waals surface area contributed by atoms with Crippen LogP contribution >= 0.6 is 7.60 Å². The van der Waals surface area contributed by atoms with Gasteiger partial charge in [-0.3, -0.25) is 9.36 Å². The van der Waals surface area contributed by atoms with E-state index in [0.717, 1.165) is 5.56 Å². The Morgan fingerprint density at radius 3 is 2.50 bits per heavy atom.